The van der Waals surface area contributed by atoms with E-state index in [9.17, 15) is 5.11 Å². The van der Waals surface area contributed by atoms with E-state index in [1.54, 1.807) is 17.0 Å². The average molecular weight is 375 g/mol. The van der Waals surface area contributed by atoms with Crippen LogP contribution in [0.15, 0.2) is 54.4 Å². The third-order valence-electron chi connectivity index (χ3n) is 4.12. The van der Waals surface area contributed by atoms with Gasteiger partial charge in [-0.2, -0.15) is 0 Å². The number of nitrogens with zero attached hydrogens (tertiary/aromatic N) is 2. The molecule has 25 heavy (non-hydrogen) atoms. The molecule has 3 aromatic rings. The highest BCUT2D eigenvalue weighted by atomic mass is 35.5. The van der Waals surface area contributed by atoms with Gasteiger partial charge in [0.25, 0.3) is 0 Å². The third-order valence-corrected chi connectivity index (χ3v) is 4.70. The molecule has 1 aliphatic rings. The minimum Gasteiger partial charge on any atom is -0.356 e. The summed E-state index contributed by atoms with van der Waals surface area (Å²) in [6, 6.07) is 13.3. The van der Waals surface area contributed by atoms with Crippen LogP contribution in [0, 0.1) is 0 Å². The molecular formula is C18H16Cl2N4O. The van der Waals surface area contributed by atoms with Crippen LogP contribution >= 0.6 is 23.2 Å². The van der Waals surface area contributed by atoms with Crippen LogP contribution in [0.25, 0.3) is 11.0 Å². The number of imidazole rings is 1. The van der Waals surface area contributed by atoms with Gasteiger partial charge < -0.3 is 20.3 Å². The van der Waals surface area contributed by atoms with Gasteiger partial charge in [-0.1, -0.05) is 41.4 Å². The fourth-order valence-corrected chi connectivity index (χ4v) is 3.38. The lowest BCUT2D eigenvalue weighted by Crippen LogP contribution is -2.35. The number of benzene rings is 2. The molecule has 0 bridgehead atoms. The molecule has 2 aromatic carbocycles. The van der Waals surface area contributed by atoms with Crippen LogP contribution < -0.4 is 5.32 Å². The monoisotopic (exact) mass is 374 g/mol. The first-order valence-corrected chi connectivity index (χ1v) is 8.63. The van der Waals surface area contributed by atoms with Gasteiger partial charge in [0.1, 0.15) is 5.82 Å². The quantitative estimate of drug-likeness (QED) is 0.652. The second-order valence-corrected chi connectivity index (χ2v) is 6.80. The third kappa shape index (κ3) is 3.44. The Labute approximate surface area is 154 Å². The molecule has 0 spiro atoms. The van der Waals surface area contributed by atoms with E-state index in [1.165, 1.54) is 0 Å². The fourth-order valence-electron chi connectivity index (χ4n) is 2.91. The Hall–Kier alpha value is -2.21. The summed E-state index contributed by atoms with van der Waals surface area (Å²) < 4.78 is 0. The molecular weight excluding hydrogens is 359 g/mol. The Bertz CT molecular complexity index is 920. The van der Waals surface area contributed by atoms with Crippen LogP contribution in [-0.4, -0.2) is 26.3 Å². The molecule has 0 saturated heterocycles. The van der Waals surface area contributed by atoms with Crippen molar-refractivity contribution in [1.82, 2.24) is 20.2 Å². The van der Waals surface area contributed by atoms with Gasteiger partial charge in [-0.15, -0.1) is 0 Å². The second kappa shape index (κ2) is 6.59. The zero-order valence-electron chi connectivity index (χ0n) is 13.2. The fraction of sp³-hybridized carbons (Fsp3) is 0.167. The van der Waals surface area contributed by atoms with Gasteiger partial charge in [-0.25, -0.2) is 4.98 Å². The maximum absolute atomic E-state index is 10.3. The van der Waals surface area contributed by atoms with E-state index in [4.69, 9.17) is 23.2 Å². The summed E-state index contributed by atoms with van der Waals surface area (Å²) in [7, 11) is 0. The predicted octanol–water partition coefficient (Wildman–Crippen LogP) is 3.63. The molecule has 0 fully saturated rings. The summed E-state index contributed by atoms with van der Waals surface area (Å²) in [5.41, 5.74) is 3.73. The normalized spacial score (nSPS) is 17.0. The maximum Gasteiger partial charge on any atom is 0.205 e. The smallest absolute Gasteiger partial charge is 0.205 e. The van der Waals surface area contributed by atoms with Gasteiger partial charge in [0.05, 0.1) is 17.6 Å². The van der Waals surface area contributed by atoms with Crippen molar-refractivity contribution in [1.29, 1.82) is 0 Å². The lowest BCUT2D eigenvalue weighted by molar-refractivity contribution is 0.0279. The van der Waals surface area contributed by atoms with Gasteiger partial charge in [0.15, 0.2) is 0 Å². The molecule has 128 valence electrons. The molecule has 0 radical (unpaired) electrons. The number of hydrogen-bond donors (Lipinski definition) is 3. The summed E-state index contributed by atoms with van der Waals surface area (Å²) in [5, 5.41) is 14.5. The number of aliphatic hydroxyl groups is 1. The van der Waals surface area contributed by atoms with Gasteiger partial charge in [0.2, 0.25) is 6.35 Å². The maximum atomic E-state index is 10.3. The van der Waals surface area contributed by atoms with Gasteiger partial charge in [-0.3, -0.25) is 0 Å². The first kappa shape index (κ1) is 16.3. The number of H-pyrrole nitrogens is 1. The number of rotatable bonds is 4. The first-order valence-electron chi connectivity index (χ1n) is 7.87. The van der Waals surface area contributed by atoms with E-state index >= 15 is 0 Å². The molecule has 4 rings (SSSR count). The molecule has 5 nitrogen and oxygen atoms in total. The number of aromatic nitrogens is 2. The molecule has 1 aliphatic heterocycles. The van der Waals surface area contributed by atoms with Crippen molar-refractivity contribution in [3.8, 4) is 0 Å². The van der Waals surface area contributed by atoms with E-state index in [2.05, 4.69) is 15.3 Å². The molecule has 1 atom stereocenters. The molecule has 1 aromatic heterocycles. The van der Waals surface area contributed by atoms with Crippen LogP contribution in [0.2, 0.25) is 10.0 Å². The highest BCUT2D eigenvalue weighted by Gasteiger charge is 2.22. The highest BCUT2D eigenvalue weighted by molar-refractivity contribution is 6.35. The van der Waals surface area contributed by atoms with Crippen molar-refractivity contribution in [3.63, 3.8) is 0 Å². The number of nitrogens with one attached hydrogen (secondary N) is 2. The molecule has 1 unspecified atom stereocenters. The van der Waals surface area contributed by atoms with E-state index in [0.29, 0.717) is 23.0 Å². The Morgan fingerprint density at radius 3 is 2.80 bits per heavy atom. The van der Waals surface area contributed by atoms with Crippen molar-refractivity contribution in [3.05, 3.63) is 75.8 Å². The van der Waals surface area contributed by atoms with Crippen molar-refractivity contribution in [2.75, 3.05) is 0 Å². The first-order chi connectivity index (χ1) is 12.1. The Morgan fingerprint density at radius 2 is 2.00 bits per heavy atom. The topological polar surface area (TPSA) is 64.2 Å². The molecule has 0 amide bonds. The van der Waals surface area contributed by atoms with Crippen LogP contribution in [0.1, 0.15) is 11.4 Å². The number of para-hydroxylation sites is 2. The summed E-state index contributed by atoms with van der Waals surface area (Å²) in [4.78, 5) is 9.60. The number of allylic oxidation sites excluding steroid dienone is 1. The standard InChI is InChI=1S/C18H16Cl2N4O/c19-12-6-5-11(14(20)8-12)7-13-9-24(18(25)21-13)10-17-22-15-3-1-2-4-16(15)23-17/h1-6,8-9,18,21,25H,7,10H2,(H,22,23). The molecule has 0 saturated carbocycles. The number of halogens is 2. The number of aromatic amines is 1. The highest BCUT2D eigenvalue weighted by Crippen LogP contribution is 2.25. The summed E-state index contributed by atoms with van der Waals surface area (Å²) >= 11 is 12.2. The lowest BCUT2D eigenvalue weighted by Gasteiger charge is -2.19. The lowest BCUT2D eigenvalue weighted by atomic mass is 10.1. The van der Waals surface area contributed by atoms with Gasteiger partial charge >= 0.3 is 0 Å². The van der Waals surface area contributed by atoms with E-state index < -0.39 is 6.35 Å². The summed E-state index contributed by atoms with van der Waals surface area (Å²) in [5.74, 6) is 0.795. The predicted molar refractivity (Wildman–Crippen MR) is 99.0 cm³/mol. The van der Waals surface area contributed by atoms with Gasteiger partial charge in [0, 0.05) is 28.4 Å². The van der Waals surface area contributed by atoms with E-state index in [1.807, 2.05) is 36.5 Å². The SMILES string of the molecule is OC1NC(Cc2ccc(Cl)cc2Cl)=CN1Cc1nc2ccccc2[nH]1. The minimum absolute atomic E-state index is 0.473. The van der Waals surface area contributed by atoms with Crippen LogP contribution in [0.3, 0.4) is 0 Å². The summed E-state index contributed by atoms with van der Waals surface area (Å²) in [6.45, 7) is 0.473. The largest absolute Gasteiger partial charge is 0.356 e. The van der Waals surface area contributed by atoms with E-state index in [-0.39, 0.29) is 0 Å². The zero-order valence-corrected chi connectivity index (χ0v) is 14.7. The zero-order chi connectivity index (χ0) is 17.4. The summed E-state index contributed by atoms with van der Waals surface area (Å²) in [6.07, 6.45) is 1.68. The van der Waals surface area contributed by atoms with Crippen LogP contribution in [0.4, 0.5) is 0 Å². The average Bonchev–Trinajstić information content (AvgIpc) is 3.13. The van der Waals surface area contributed by atoms with Crippen molar-refractivity contribution in [2.45, 2.75) is 19.3 Å². The molecule has 3 N–H and O–H groups in total. The van der Waals surface area contributed by atoms with Crippen molar-refractivity contribution < 1.29 is 5.11 Å². The minimum atomic E-state index is -0.797. The second-order valence-electron chi connectivity index (χ2n) is 5.96. The number of fused-ring (bicyclic) bond motifs is 1. The van der Waals surface area contributed by atoms with Gasteiger partial charge in [-0.05, 0) is 29.8 Å². The molecule has 7 heteroatoms. The Morgan fingerprint density at radius 1 is 1.16 bits per heavy atom. The van der Waals surface area contributed by atoms with Crippen molar-refractivity contribution in [2.24, 2.45) is 0 Å². The van der Waals surface area contributed by atoms with Crippen LogP contribution in [0.5, 0.6) is 0 Å². The number of hydrogen-bond acceptors (Lipinski definition) is 4. The Balaban J connectivity index is 1.50. The number of aliphatic hydroxyl groups excluding tert-OH is 1. The molecule has 2 heterocycles. The Kier molecular flexibility index (Phi) is 4.29. The van der Waals surface area contributed by atoms with Crippen molar-refractivity contribution >= 4 is 34.2 Å². The van der Waals surface area contributed by atoms with E-state index in [0.717, 1.165) is 28.1 Å². The van der Waals surface area contributed by atoms with Crippen LogP contribution in [-0.2, 0) is 13.0 Å². The molecule has 0 aliphatic carbocycles.